The van der Waals surface area contributed by atoms with Crippen LogP contribution < -0.4 is 0 Å². The third kappa shape index (κ3) is 1.56. The van der Waals surface area contributed by atoms with Crippen molar-refractivity contribution in [3.05, 3.63) is 35.5 Å². The van der Waals surface area contributed by atoms with Crippen LogP contribution in [0.15, 0.2) is 24.3 Å². The highest BCUT2D eigenvalue weighted by molar-refractivity contribution is 6.02. The van der Waals surface area contributed by atoms with Gasteiger partial charge in [-0.25, -0.2) is 0 Å². The van der Waals surface area contributed by atoms with Gasteiger partial charge in [-0.05, 0) is 18.6 Å². The second kappa shape index (κ2) is 3.54. The van der Waals surface area contributed by atoms with E-state index in [1.807, 2.05) is 45.0 Å². The second-order valence-electron chi connectivity index (χ2n) is 4.19. The standard InChI is InChI=1S/C13H15NO/c1-8(2)13(15)12-9(3)10-6-4-5-7-11(10)14-12/h4-8,14H,1-3H3. The maximum atomic E-state index is 11.9. The Morgan fingerprint density at radius 2 is 1.93 bits per heavy atom. The lowest BCUT2D eigenvalue weighted by Gasteiger charge is -2.02. The summed E-state index contributed by atoms with van der Waals surface area (Å²) in [7, 11) is 0. The first kappa shape index (κ1) is 9.97. The molecule has 0 bridgehead atoms. The summed E-state index contributed by atoms with van der Waals surface area (Å²) in [6, 6.07) is 8.01. The van der Waals surface area contributed by atoms with E-state index in [1.54, 1.807) is 0 Å². The van der Waals surface area contributed by atoms with Crippen LogP contribution in [0.3, 0.4) is 0 Å². The number of aryl methyl sites for hydroxylation is 1. The third-order valence-corrected chi connectivity index (χ3v) is 2.74. The number of benzene rings is 1. The highest BCUT2D eigenvalue weighted by Crippen LogP contribution is 2.23. The molecule has 0 aliphatic carbocycles. The molecule has 0 amide bonds. The molecule has 0 aliphatic heterocycles. The summed E-state index contributed by atoms with van der Waals surface area (Å²) in [4.78, 5) is 15.1. The monoisotopic (exact) mass is 201 g/mol. The second-order valence-corrected chi connectivity index (χ2v) is 4.19. The summed E-state index contributed by atoms with van der Waals surface area (Å²) in [6.07, 6.45) is 0. The Labute approximate surface area is 89.3 Å². The molecule has 2 rings (SSSR count). The Morgan fingerprint density at radius 1 is 1.27 bits per heavy atom. The van der Waals surface area contributed by atoms with Gasteiger partial charge >= 0.3 is 0 Å². The number of hydrogen-bond donors (Lipinski definition) is 1. The van der Waals surface area contributed by atoms with E-state index in [9.17, 15) is 4.79 Å². The van der Waals surface area contributed by atoms with Gasteiger partial charge in [0.05, 0.1) is 5.69 Å². The highest BCUT2D eigenvalue weighted by atomic mass is 16.1. The van der Waals surface area contributed by atoms with E-state index in [1.165, 1.54) is 0 Å². The Balaban J connectivity index is 2.63. The number of carbonyl (C=O) groups excluding carboxylic acids is 1. The molecule has 0 spiro atoms. The van der Waals surface area contributed by atoms with E-state index < -0.39 is 0 Å². The van der Waals surface area contributed by atoms with E-state index in [0.29, 0.717) is 0 Å². The maximum absolute atomic E-state index is 11.9. The number of ketones is 1. The number of hydrogen-bond acceptors (Lipinski definition) is 1. The largest absolute Gasteiger partial charge is 0.352 e. The van der Waals surface area contributed by atoms with Gasteiger partial charge in [-0.15, -0.1) is 0 Å². The number of H-pyrrole nitrogens is 1. The fourth-order valence-electron chi connectivity index (χ4n) is 1.82. The number of carbonyl (C=O) groups is 1. The van der Waals surface area contributed by atoms with E-state index in [2.05, 4.69) is 4.98 Å². The number of nitrogens with one attached hydrogen (secondary N) is 1. The number of rotatable bonds is 2. The Kier molecular flexibility index (Phi) is 2.35. The molecule has 1 N–H and O–H groups in total. The molecule has 0 saturated carbocycles. The summed E-state index contributed by atoms with van der Waals surface area (Å²) < 4.78 is 0. The zero-order chi connectivity index (χ0) is 11.0. The predicted molar refractivity (Wildman–Crippen MR) is 62.2 cm³/mol. The minimum absolute atomic E-state index is 0.0387. The van der Waals surface area contributed by atoms with Gasteiger partial charge in [-0.2, -0.15) is 0 Å². The molecule has 2 aromatic rings. The average Bonchev–Trinajstić information content (AvgIpc) is 2.56. The van der Waals surface area contributed by atoms with Crippen LogP contribution in [0.5, 0.6) is 0 Å². The molecule has 0 aliphatic rings. The molecule has 0 fully saturated rings. The van der Waals surface area contributed by atoms with Crippen molar-refractivity contribution in [2.75, 3.05) is 0 Å². The molecular weight excluding hydrogens is 186 g/mol. The van der Waals surface area contributed by atoms with Gasteiger partial charge < -0.3 is 4.98 Å². The van der Waals surface area contributed by atoms with Crippen molar-refractivity contribution in [3.8, 4) is 0 Å². The van der Waals surface area contributed by atoms with Crippen LogP contribution in [0.2, 0.25) is 0 Å². The Hall–Kier alpha value is -1.57. The molecule has 2 nitrogen and oxygen atoms in total. The predicted octanol–water partition coefficient (Wildman–Crippen LogP) is 3.32. The lowest BCUT2D eigenvalue weighted by molar-refractivity contribution is 0.0934. The van der Waals surface area contributed by atoms with Gasteiger partial charge in [0.15, 0.2) is 5.78 Å². The fourth-order valence-corrected chi connectivity index (χ4v) is 1.82. The molecule has 0 saturated heterocycles. The first-order chi connectivity index (χ1) is 7.11. The molecule has 1 aromatic heterocycles. The SMILES string of the molecule is Cc1c(C(=O)C(C)C)[nH]c2ccccc12. The maximum Gasteiger partial charge on any atom is 0.181 e. The summed E-state index contributed by atoms with van der Waals surface area (Å²) in [5.41, 5.74) is 2.86. The van der Waals surface area contributed by atoms with Crippen LogP contribution in [0.25, 0.3) is 10.9 Å². The molecule has 1 heterocycles. The summed E-state index contributed by atoms with van der Waals surface area (Å²) in [6.45, 7) is 5.84. The van der Waals surface area contributed by atoms with Crippen molar-refractivity contribution >= 4 is 16.7 Å². The van der Waals surface area contributed by atoms with Gasteiger partial charge in [0.25, 0.3) is 0 Å². The van der Waals surface area contributed by atoms with Gasteiger partial charge in [0, 0.05) is 16.8 Å². The molecular formula is C13H15NO. The molecule has 1 aromatic carbocycles. The van der Waals surface area contributed by atoms with Crippen molar-refractivity contribution in [3.63, 3.8) is 0 Å². The Bertz CT molecular complexity index is 508. The molecule has 2 heteroatoms. The van der Waals surface area contributed by atoms with Crippen molar-refractivity contribution < 1.29 is 4.79 Å². The highest BCUT2D eigenvalue weighted by Gasteiger charge is 2.16. The lowest BCUT2D eigenvalue weighted by Crippen LogP contribution is -2.09. The average molecular weight is 201 g/mol. The third-order valence-electron chi connectivity index (χ3n) is 2.74. The quantitative estimate of drug-likeness (QED) is 0.743. The van der Waals surface area contributed by atoms with Gasteiger partial charge in [0.2, 0.25) is 0 Å². The number of Topliss-reactive ketones (excluding diaryl/α,β-unsaturated/α-hetero) is 1. The van der Waals surface area contributed by atoms with Crippen molar-refractivity contribution in [2.24, 2.45) is 5.92 Å². The smallest absolute Gasteiger partial charge is 0.181 e. The number of aromatic nitrogens is 1. The minimum Gasteiger partial charge on any atom is -0.352 e. The zero-order valence-corrected chi connectivity index (χ0v) is 9.29. The van der Waals surface area contributed by atoms with Crippen LogP contribution >= 0.6 is 0 Å². The van der Waals surface area contributed by atoms with Crippen LogP contribution in [-0.4, -0.2) is 10.8 Å². The van der Waals surface area contributed by atoms with E-state index in [-0.39, 0.29) is 11.7 Å². The molecule has 15 heavy (non-hydrogen) atoms. The summed E-state index contributed by atoms with van der Waals surface area (Å²) >= 11 is 0. The van der Waals surface area contributed by atoms with Crippen LogP contribution in [0.4, 0.5) is 0 Å². The normalized spacial score (nSPS) is 11.2. The van der Waals surface area contributed by atoms with Gasteiger partial charge in [-0.1, -0.05) is 32.0 Å². The van der Waals surface area contributed by atoms with Crippen molar-refractivity contribution in [1.29, 1.82) is 0 Å². The summed E-state index contributed by atoms with van der Waals surface area (Å²) in [5.74, 6) is 0.223. The Morgan fingerprint density at radius 3 is 2.53 bits per heavy atom. The van der Waals surface area contributed by atoms with Crippen molar-refractivity contribution in [1.82, 2.24) is 4.98 Å². The van der Waals surface area contributed by atoms with E-state index in [0.717, 1.165) is 22.2 Å². The topological polar surface area (TPSA) is 32.9 Å². The zero-order valence-electron chi connectivity index (χ0n) is 9.29. The van der Waals surface area contributed by atoms with Crippen LogP contribution in [-0.2, 0) is 0 Å². The van der Waals surface area contributed by atoms with Crippen LogP contribution in [0, 0.1) is 12.8 Å². The lowest BCUT2D eigenvalue weighted by atomic mass is 10.0. The molecule has 0 unspecified atom stereocenters. The number of para-hydroxylation sites is 1. The number of fused-ring (bicyclic) bond motifs is 1. The van der Waals surface area contributed by atoms with Crippen molar-refractivity contribution in [2.45, 2.75) is 20.8 Å². The minimum atomic E-state index is 0.0387. The molecule has 0 atom stereocenters. The first-order valence-corrected chi connectivity index (χ1v) is 5.22. The summed E-state index contributed by atoms with van der Waals surface area (Å²) in [5, 5.41) is 1.14. The molecule has 78 valence electrons. The van der Waals surface area contributed by atoms with Crippen LogP contribution in [0.1, 0.15) is 29.9 Å². The van der Waals surface area contributed by atoms with E-state index in [4.69, 9.17) is 0 Å². The molecule has 0 radical (unpaired) electrons. The fraction of sp³-hybridized carbons (Fsp3) is 0.308. The number of aromatic amines is 1. The van der Waals surface area contributed by atoms with Gasteiger partial charge in [-0.3, -0.25) is 4.79 Å². The first-order valence-electron chi connectivity index (χ1n) is 5.22. The van der Waals surface area contributed by atoms with Gasteiger partial charge in [0.1, 0.15) is 0 Å². The van der Waals surface area contributed by atoms with E-state index >= 15 is 0 Å².